The first-order valence-electron chi connectivity index (χ1n) is 21.1. The second kappa shape index (κ2) is 21.0. The van der Waals surface area contributed by atoms with Gasteiger partial charge in [-0.2, -0.15) is 5.26 Å². The van der Waals surface area contributed by atoms with Gasteiger partial charge in [-0.3, -0.25) is 24.2 Å². The Morgan fingerprint density at radius 3 is 1.50 bits per heavy atom. The average Bonchev–Trinajstić information content (AvgIpc) is 3.99. The lowest BCUT2D eigenvalue weighted by molar-refractivity contribution is -0.149. The number of carbonyl (C=O) groups is 4. The number of nitriles is 1. The fourth-order valence-electron chi connectivity index (χ4n) is 7.35. The smallest absolute Gasteiger partial charge is 0.314 e. The highest BCUT2D eigenvalue weighted by molar-refractivity contribution is 8.26. The predicted molar refractivity (Wildman–Crippen MR) is 246 cm³/mol. The topological polar surface area (TPSA) is 130 Å². The largest absolute Gasteiger partial charge is 0.424 e. The minimum Gasteiger partial charge on any atom is -0.424 e. The molecule has 3 aliphatic rings. The van der Waals surface area contributed by atoms with Crippen LogP contribution in [-0.2, 0) is 32.3 Å². The summed E-state index contributed by atoms with van der Waals surface area (Å²) in [6, 6.07) is 24.9. The number of ether oxygens (including phenoxy) is 2. The van der Waals surface area contributed by atoms with Gasteiger partial charge in [0, 0.05) is 12.4 Å². The van der Waals surface area contributed by atoms with E-state index in [1.54, 1.807) is 24.5 Å². The second-order valence-corrected chi connectivity index (χ2v) is 19.7. The number of fused-ring (bicyclic) bond motifs is 2. The Bertz CT molecular complexity index is 2300. The van der Waals surface area contributed by atoms with Crippen LogP contribution >= 0.6 is 47.0 Å². The first kappa shape index (κ1) is 45.1. The molecular formula is C48H48N4O6S4. The van der Waals surface area contributed by atoms with Gasteiger partial charge in [0.25, 0.3) is 11.8 Å². The number of carbonyl (C=O) groups excluding carboxylic acids is 4. The summed E-state index contributed by atoms with van der Waals surface area (Å²) < 4.78 is 14.0. The maximum absolute atomic E-state index is 14.7. The molecule has 1 aromatic heterocycles. The molecule has 2 amide bonds. The molecule has 3 aromatic carbocycles. The number of hydrogen-bond donors (Lipinski definition) is 0. The van der Waals surface area contributed by atoms with Crippen LogP contribution in [0.1, 0.15) is 95.8 Å². The molecule has 4 aromatic rings. The van der Waals surface area contributed by atoms with Crippen molar-refractivity contribution in [3.8, 4) is 17.6 Å². The van der Waals surface area contributed by atoms with E-state index in [4.69, 9.17) is 9.47 Å². The van der Waals surface area contributed by atoms with Crippen molar-refractivity contribution in [1.29, 1.82) is 5.26 Å². The maximum atomic E-state index is 14.7. The summed E-state index contributed by atoms with van der Waals surface area (Å²) >= 11 is 4.92. The van der Waals surface area contributed by atoms with Gasteiger partial charge in [0.15, 0.2) is 11.5 Å². The molecule has 14 heteroatoms. The molecule has 0 radical (unpaired) electrons. The van der Waals surface area contributed by atoms with Crippen LogP contribution in [0.15, 0.2) is 119 Å². The van der Waals surface area contributed by atoms with Crippen molar-refractivity contribution in [1.82, 2.24) is 15.0 Å². The summed E-state index contributed by atoms with van der Waals surface area (Å²) in [6.45, 7) is 8.44. The van der Waals surface area contributed by atoms with Crippen LogP contribution in [0.25, 0.3) is 5.57 Å². The molecule has 10 nitrogen and oxygen atoms in total. The van der Waals surface area contributed by atoms with Crippen molar-refractivity contribution in [2.75, 3.05) is 0 Å². The fraction of sp³-hybridized carbons (Fsp3) is 0.333. The third kappa shape index (κ3) is 9.66. The molecule has 0 spiro atoms. The monoisotopic (exact) mass is 904 g/mol. The molecule has 0 aliphatic carbocycles. The van der Waals surface area contributed by atoms with Crippen LogP contribution in [0.5, 0.6) is 11.5 Å². The van der Waals surface area contributed by atoms with Gasteiger partial charge in [-0.1, -0.05) is 161 Å². The number of rotatable bonds is 17. The van der Waals surface area contributed by atoms with Gasteiger partial charge >= 0.3 is 11.9 Å². The summed E-state index contributed by atoms with van der Waals surface area (Å²) in [6.07, 6.45) is 9.28. The zero-order valence-corrected chi connectivity index (χ0v) is 38.4. The van der Waals surface area contributed by atoms with E-state index in [1.807, 2.05) is 74.5 Å². The molecule has 320 valence electrons. The first-order chi connectivity index (χ1) is 30.2. The van der Waals surface area contributed by atoms with Crippen molar-refractivity contribution in [3.63, 3.8) is 0 Å². The van der Waals surface area contributed by atoms with Crippen LogP contribution in [0.4, 0.5) is 0 Å². The van der Waals surface area contributed by atoms with Crippen molar-refractivity contribution in [2.24, 2.45) is 11.8 Å². The number of allylic oxidation sites excluding steroid dienone is 1. The Labute approximate surface area is 380 Å². The third-order valence-corrected chi connectivity index (χ3v) is 16.1. The number of pyridine rings is 1. The van der Waals surface area contributed by atoms with Gasteiger partial charge in [-0.05, 0) is 54.5 Å². The van der Waals surface area contributed by atoms with Crippen LogP contribution < -0.4 is 9.47 Å². The van der Waals surface area contributed by atoms with Gasteiger partial charge in [-0.25, -0.2) is 10.0 Å². The number of unbranched alkanes of at least 4 members (excludes halogenated alkanes) is 2. The van der Waals surface area contributed by atoms with E-state index < -0.39 is 11.8 Å². The third-order valence-electron chi connectivity index (χ3n) is 10.9. The second-order valence-electron chi connectivity index (χ2n) is 15.1. The van der Waals surface area contributed by atoms with E-state index in [0.717, 1.165) is 36.8 Å². The molecule has 0 bridgehead atoms. The first-order valence-corrected chi connectivity index (χ1v) is 24.4. The van der Waals surface area contributed by atoms with E-state index in [2.05, 4.69) is 24.9 Å². The lowest BCUT2D eigenvalue weighted by Crippen LogP contribution is -2.39. The summed E-state index contributed by atoms with van der Waals surface area (Å²) in [5.74, 6) is -1.89. The zero-order valence-electron chi connectivity index (χ0n) is 35.2. The van der Waals surface area contributed by atoms with Gasteiger partial charge in [0.05, 0.1) is 58.6 Å². The number of nitrogens with zero attached hydrogens (tertiary/aromatic N) is 4. The molecule has 0 saturated carbocycles. The number of esters is 2. The highest BCUT2D eigenvalue weighted by Crippen LogP contribution is 2.69. The Hall–Kier alpha value is -4.94. The molecule has 4 heterocycles. The van der Waals surface area contributed by atoms with E-state index >= 15 is 0 Å². The standard InChI is InChI=1S/C48H48N4O6S4/c1-5-9-21-32(7-3)45(55)57-37-39-40(60-47(59-39)35(27-49)34-23-25-50-26-24-34)38(58-46(56)33(8-4)22-10-6-2)42-41(37)61-48(62-42)36-43(53)51(28-30-17-13-11-14-18-30)52(44(36)54)29-31-19-15-12-16-20-31/h11-20,23-26,32-33H,5-10,21-22,28-29H2,1-4H3. The minimum atomic E-state index is -0.455. The Morgan fingerprint density at radius 2 is 1.10 bits per heavy atom. The minimum absolute atomic E-state index is 0.00752. The van der Waals surface area contributed by atoms with Crippen molar-refractivity contribution >= 4 is 76.4 Å². The number of amides is 2. The summed E-state index contributed by atoms with van der Waals surface area (Å²) in [5, 5.41) is 13.5. The zero-order chi connectivity index (χ0) is 43.8. The lowest BCUT2D eigenvalue weighted by Gasteiger charge is -2.27. The highest BCUT2D eigenvalue weighted by atomic mass is 32.2. The molecular weight excluding hydrogens is 857 g/mol. The normalized spacial score (nSPS) is 15.4. The van der Waals surface area contributed by atoms with Gasteiger partial charge in [-0.15, -0.1) is 0 Å². The van der Waals surface area contributed by atoms with Crippen LogP contribution in [0, 0.1) is 23.2 Å². The van der Waals surface area contributed by atoms with Gasteiger partial charge in [0.2, 0.25) is 0 Å². The van der Waals surface area contributed by atoms with E-state index in [9.17, 15) is 24.4 Å². The van der Waals surface area contributed by atoms with Crippen LogP contribution in [0.3, 0.4) is 0 Å². The average molecular weight is 905 g/mol. The molecule has 7 rings (SSSR count). The quantitative estimate of drug-likeness (QED) is 0.0329. The lowest BCUT2D eigenvalue weighted by atomic mass is 10.00. The summed E-state index contributed by atoms with van der Waals surface area (Å²) in [4.78, 5) is 63.9. The molecule has 2 atom stereocenters. The fourth-order valence-corrected chi connectivity index (χ4v) is 12.8. The molecule has 2 unspecified atom stereocenters. The maximum Gasteiger partial charge on any atom is 0.314 e. The van der Waals surface area contributed by atoms with E-state index in [0.29, 0.717) is 64.9 Å². The number of thioether (sulfide) groups is 4. The van der Waals surface area contributed by atoms with E-state index in [-0.39, 0.29) is 53.9 Å². The van der Waals surface area contributed by atoms with E-state index in [1.165, 1.54) is 57.1 Å². The van der Waals surface area contributed by atoms with Crippen molar-refractivity contribution in [2.45, 2.75) is 112 Å². The predicted octanol–water partition coefficient (Wildman–Crippen LogP) is 11.8. The number of aromatic nitrogens is 1. The molecule has 62 heavy (non-hydrogen) atoms. The molecule has 3 aliphatic heterocycles. The van der Waals surface area contributed by atoms with Crippen molar-refractivity contribution in [3.05, 3.63) is 116 Å². The number of benzene rings is 3. The Morgan fingerprint density at radius 1 is 0.661 bits per heavy atom. The van der Waals surface area contributed by atoms with Crippen LogP contribution in [0.2, 0.25) is 0 Å². The highest BCUT2D eigenvalue weighted by Gasteiger charge is 2.47. The Kier molecular flexibility index (Phi) is 15.2. The summed E-state index contributed by atoms with van der Waals surface area (Å²) in [5.41, 5.74) is 2.78. The molecule has 1 saturated heterocycles. The van der Waals surface area contributed by atoms with Gasteiger partial charge < -0.3 is 9.47 Å². The summed E-state index contributed by atoms with van der Waals surface area (Å²) in [7, 11) is 0. The number of hydrogen-bond acceptors (Lipinski definition) is 12. The molecule has 1 fully saturated rings. The van der Waals surface area contributed by atoms with Crippen molar-refractivity contribution < 1.29 is 28.7 Å². The SMILES string of the molecule is CCCCC(CC)C(=O)Oc1c2c(c(OC(=O)C(CC)CCCC)c3c1SC(=C(C#N)c1ccncc1)S3)SC(=C1C(=O)N(Cc3ccccc3)N(Cc3ccccc3)C1=O)S2. The Balaban J connectivity index is 1.39. The molecule has 0 N–H and O–H groups in total. The van der Waals surface area contributed by atoms with Crippen LogP contribution in [-0.4, -0.2) is 38.8 Å². The van der Waals surface area contributed by atoms with Gasteiger partial charge in [0.1, 0.15) is 11.6 Å². The number of hydrazine groups is 1.